The first-order valence-corrected chi connectivity index (χ1v) is 3.77. The molecule has 1 aromatic rings. The molecule has 0 saturated carbocycles. The number of hydrogen-bond donors (Lipinski definition) is 1. The fourth-order valence-electron chi connectivity index (χ4n) is 0.484. The number of nitrogen functional groups attached to an aromatic ring is 1. The lowest BCUT2D eigenvalue weighted by Crippen LogP contribution is -1.89. The van der Waals surface area contributed by atoms with E-state index in [-0.39, 0.29) is 0 Å². The first kappa shape index (κ1) is 7.39. The summed E-state index contributed by atoms with van der Waals surface area (Å²) in [5.41, 5.74) is 6.05. The van der Waals surface area contributed by atoms with E-state index in [1.165, 1.54) is 6.33 Å². The number of nitrogens with zero attached hydrogens (tertiary/aromatic N) is 3. The van der Waals surface area contributed by atoms with Crippen LogP contribution in [0.25, 0.3) is 0 Å². The van der Waals surface area contributed by atoms with Gasteiger partial charge in [0.05, 0.1) is 10.4 Å². The lowest BCUT2D eigenvalue weighted by molar-refractivity contribution is 1.17. The molecule has 0 aromatic carbocycles. The molecule has 0 radical (unpaired) electrons. The molecule has 0 unspecified atom stereocenters. The van der Waals surface area contributed by atoms with Crippen molar-refractivity contribution in [3.05, 3.63) is 12.5 Å². The first-order valence-electron chi connectivity index (χ1n) is 2.53. The number of halogens is 1. The predicted octanol–water partition coefficient (Wildman–Crippen LogP) is 1.15. The van der Waals surface area contributed by atoms with Gasteiger partial charge in [-0.25, -0.2) is 15.0 Å². The van der Waals surface area contributed by atoms with Gasteiger partial charge in [0.2, 0.25) is 0 Å². The maximum absolute atomic E-state index is 5.44. The second kappa shape index (κ2) is 3.45. The largest absolute Gasteiger partial charge is 0.382 e. The molecule has 1 rings (SSSR count). The molecule has 2 N–H and O–H groups in total. The number of hydrogen-bond acceptors (Lipinski definition) is 4. The van der Waals surface area contributed by atoms with Crippen molar-refractivity contribution in [3.63, 3.8) is 0 Å². The minimum absolute atomic E-state index is 0.405. The van der Waals surface area contributed by atoms with Crippen LogP contribution in [0.1, 0.15) is 0 Å². The molecule has 52 valence electrons. The predicted molar refractivity (Wildman–Crippen MR) is 48.6 cm³/mol. The maximum Gasteiger partial charge on any atom is 0.152 e. The molecule has 0 aliphatic heterocycles. The lowest BCUT2D eigenvalue weighted by Gasteiger charge is -1.93. The summed E-state index contributed by atoms with van der Waals surface area (Å²) < 4.78 is 1.62. The molecular formula is C5H5IN4. The van der Waals surface area contributed by atoms with E-state index in [0.29, 0.717) is 11.5 Å². The van der Waals surface area contributed by atoms with E-state index in [4.69, 9.17) is 5.73 Å². The second-order valence-electron chi connectivity index (χ2n) is 1.52. The number of rotatable bonds is 1. The molecule has 0 amide bonds. The van der Waals surface area contributed by atoms with Crippen LogP contribution >= 0.6 is 22.6 Å². The van der Waals surface area contributed by atoms with Gasteiger partial charge >= 0.3 is 0 Å². The smallest absolute Gasteiger partial charge is 0.152 e. The van der Waals surface area contributed by atoms with Gasteiger partial charge in [-0.15, -0.1) is 0 Å². The van der Waals surface area contributed by atoms with Crippen molar-refractivity contribution in [2.75, 3.05) is 5.73 Å². The van der Waals surface area contributed by atoms with Crippen molar-refractivity contribution < 1.29 is 0 Å². The highest BCUT2D eigenvalue weighted by atomic mass is 127. The van der Waals surface area contributed by atoms with Crippen LogP contribution in [0.2, 0.25) is 0 Å². The molecule has 0 atom stereocenters. The van der Waals surface area contributed by atoms with E-state index in [0.717, 1.165) is 0 Å². The fraction of sp³-hybridized carbons (Fsp3) is 0. The molecular weight excluding hydrogens is 243 g/mol. The third kappa shape index (κ3) is 1.63. The van der Waals surface area contributed by atoms with Crippen LogP contribution in [0.4, 0.5) is 11.5 Å². The zero-order chi connectivity index (χ0) is 7.40. The van der Waals surface area contributed by atoms with Crippen molar-refractivity contribution in [3.8, 4) is 0 Å². The Balaban J connectivity index is 3.03. The fourth-order valence-corrected chi connectivity index (χ4v) is 0.784. The minimum atomic E-state index is 0.405. The molecule has 0 spiro atoms. The van der Waals surface area contributed by atoms with Crippen LogP contribution in [0.5, 0.6) is 0 Å². The Kier molecular flexibility index (Phi) is 2.55. The second-order valence-corrected chi connectivity index (χ2v) is 2.08. The molecule has 1 heterocycles. The third-order valence-corrected chi connectivity index (χ3v) is 1.19. The van der Waals surface area contributed by atoms with Gasteiger partial charge < -0.3 is 5.73 Å². The molecule has 0 aliphatic carbocycles. The molecule has 4 nitrogen and oxygen atoms in total. The topological polar surface area (TPSA) is 64.2 Å². The number of aliphatic imine (C=N–C) groups is 1. The van der Waals surface area contributed by atoms with Gasteiger partial charge in [-0.3, -0.25) is 0 Å². The molecule has 0 saturated heterocycles. The molecule has 0 bridgehead atoms. The van der Waals surface area contributed by atoms with E-state index in [1.807, 2.05) is 22.6 Å². The maximum atomic E-state index is 5.44. The van der Waals surface area contributed by atoms with Gasteiger partial charge in [0.1, 0.15) is 12.0 Å². The van der Waals surface area contributed by atoms with E-state index < -0.39 is 0 Å². The van der Waals surface area contributed by atoms with Crippen LogP contribution in [-0.2, 0) is 0 Å². The van der Waals surface area contributed by atoms with Crippen LogP contribution in [0.3, 0.4) is 0 Å². The Morgan fingerprint density at radius 3 is 3.10 bits per heavy atom. The zero-order valence-electron chi connectivity index (χ0n) is 5.03. The Morgan fingerprint density at radius 2 is 2.50 bits per heavy atom. The molecule has 0 aliphatic rings. The summed E-state index contributed by atoms with van der Waals surface area (Å²) in [7, 11) is 0. The summed E-state index contributed by atoms with van der Waals surface area (Å²) in [4.78, 5) is 11.4. The van der Waals surface area contributed by atoms with Crippen molar-refractivity contribution in [1.29, 1.82) is 0 Å². The number of aromatic nitrogens is 2. The van der Waals surface area contributed by atoms with Gasteiger partial charge in [0.15, 0.2) is 5.82 Å². The van der Waals surface area contributed by atoms with Gasteiger partial charge in [0.25, 0.3) is 0 Å². The summed E-state index contributed by atoms with van der Waals surface area (Å²) in [5.74, 6) is 0.405. The molecule has 0 fully saturated rings. The average Bonchev–Trinajstić information content (AvgIpc) is 1.94. The lowest BCUT2D eigenvalue weighted by atomic mass is 10.5. The summed E-state index contributed by atoms with van der Waals surface area (Å²) in [6, 6.07) is 0. The summed E-state index contributed by atoms with van der Waals surface area (Å²) in [6.07, 6.45) is 2.96. The van der Waals surface area contributed by atoms with E-state index in [2.05, 4.69) is 15.0 Å². The van der Waals surface area contributed by atoms with Crippen molar-refractivity contribution >= 4 is 38.3 Å². The van der Waals surface area contributed by atoms with E-state index in [9.17, 15) is 0 Å². The molecule has 5 heteroatoms. The Hall–Kier alpha value is -0.720. The quantitative estimate of drug-likeness (QED) is 0.599. The Labute approximate surface area is 71.7 Å². The first-order chi connectivity index (χ1) is 4.84. The van der Waals surface area contributed by atoms with E-state index >= 15 is 0 Å². The van der Waals surface area contributed by atoms with Gasteiger partial charge in [-0.1, -0.05) is 0 Å². The Morgan fingerprint density at radius 1 is 1.70 bits per heavy atom. The summed E-state index contributed by atoms with van der Waals surface area (Å²) in [5, 5.41) is 0. The van der Waals surface area contributed by atoms with Crippen LogP contribution in [-0.4, -0.2) is 14.2 Å². The van der Waals surface area contributed by atoms with Gasteiger partial charge in [0, 0.05) is 0 Å². The normalized spacial score (nSPS) is 10.5. The summed E-state index contributed by atoms with van der Waals surface area (Å²) >= 11 is 2.00. The average molecular weight is 248 g/mol. The number of nitrogens with two attached hydrogens (primary N) is 1. The highest BCUT2D eigenvalue weighted by Crippen LogP contribution is 2.15. The van der Waals surface area contributed by atoms with E-state index in [1.54, 1.807) is 10.4 Å². The Bertz CT molecular complexity index is 247. The van der Waals surface area contributed by atoms with Crippen molar-refractivity contribution in [2.24, 2.45) is 4.99 Å². The van der Waals surface area contributed by atoms with Gasteiger partial charge in [-0.2, -0.15) is 0 Å². The van der Waals surface area contributed by atoms with Crippen LogP contribution < -0.4 is 5.73 Å². The molecule has 1 aromatic heterocycles. The minimum Gasteiger partial charge on any atom is -0.382 e. The molecule has 10 heavy (non-hydrogen) atoms. The van der Waals surface area contributed by atoms with Crippen molar-refractivity contribution in [1.82, 2.24) is 9.97 Å². The van der Waals surface area contributed by atoms with Crippen molar-refractivity contribution in [2.45, 2.75) is 0 Å². The van der Waals surface area contributed by atoms with Crippen LogP contribution in [0.15, 0.2) is 17.5 Å². The standard InChI is InChI=1S/C5H5IN4/c6-2-9-4-1-8-3-10-5(4)7/h1-3H,(H2,7,8,10). The monoisotopic (exact) mass is 248 g/mol. The highest BCUT2D eigenvalue weighted by molar-refractivity contribution is 14.1. The van der Waals surface area contributed by atoms with Gasteiger partial charge in [-0.05, 0) is 22.6 Å². The highest BCUT2D eigenvalue weighted by Gasteiger charge is 1.93. The van der Waals surface area contributed by atoms with Crippen LogP contribution in [0, 0.1) is 0 Å². The third-order valence-electron chi connectivity index (χ3n) is 0.911. The number of anilines is 1. The summed E-state index contributed by atoms with van der Waals surface area (Å²) in [6.45, 7) is 0. The zero-order valence-corrected chi connectivity index (χ0v) is 7.19. The SMILES string of the molecule is Nc1ncncc1N=CI.